The summed E-state index contributed by atoms with van der Waals surface area (Å²) in [7, 11) is 1.57. The van der Waals surface area contributed by atoms with Gasteiger partial charge in [-0.25, -0.2) is 4.98 Å². The summed E-state index contributed by atoms with van der Waals surface area (Å²) < 4.78 is 11.6. The first kappa shape index (κ1) is 11.7. The summed E-state index contributed by atoms with van der Waals surface area (Å²) >= 11 is 3.39. The average Bonchev–Trinajstić information content (AvgIpc) is 2.34. The number of rotatable bonds is 3. The smallest absolute Gasteiger partial charge is 0.262 e. The van der Waals surface area contributed by atoms with Crippen molar-refractivity contribution >= 4 is 21.6 Å². The van der Waals surface area contributed by atoms with Crippen molar-refractivity contribution in [2.75, 3.05) is 12.8 Å². The van der Waals surface area contributed by atoms with Crippen LogP contribution in [0.4, 0.5) is 5.69 Å². The molecule has 2 rings (SSSR count). The molecular weight excluding hydrogens is 284 g/mol. The minimum absolute atomic E-state index is 0.404. The molecule has 0 aliphatic rings. The zero-order valence-electron chi connectivity index (χ0n) is 9.18. The molecule has 5 heteroatoms. The second kappa shape index (κ2) is 5.05. The van der Waals surface area contributed by atoms with Gasteiger partial charge in [-0.2, -0.15) is 0 Å². The molecule has 0 spiro atoms. The number of hydrogen-bond acceptors (Lipinski definition) is 4. The third-order valence-electron chi connectivity index (χ3n) is 2.12. The molecule has 0 atom stereocenters. The Morgan fingerprint density at radius 3 is 2.82 bits per heavy atom. The number of methoxy groups -OCH3 is 1. The van der Waals surface area contributed by atoms with E-state index in [1.54, 1.807) is 37.6 Å². The maximum Gasteiger partial charge on any atom is 0.262 e. The van der Waals surface area contributed by atoms with Crippen LogP contribution < -0.4 is 15.2 Å². The van der Waals surface area contributed by atoms with Crippen molar-refractivity contribution < 1.29 is 9.47 Å². The first-order valence-corrected chi connectivity index (χ1v) is 5.72. The van der Waals surface area contributed by atoms with Crippen LogP contribution in [-0.2, 0) is 0 Å². The zero-order chi connectivity index (χ0) is 12.3. The Labute approximate surface area is 108 Å². The Hall–Kier alpha value is -1.75. The van der Waals surface area contributed by atoms with E-state index in [2.05, 4.69) is 20.9 Å². The van der Waals surface area contributed by atoms with E-state index in [1.165, 1.54) is 0 Å². The fraction of sp³-hybridized carbons (Fsp3) is 0.0833. The lowest BCUT2D eigenvalue weighted by Crippen LogP contribution is -1.94. The minimum atomic E-state index is 0.404. The summed E-state index contributed by atoms with van der Waals surface area (Å²) in [6.45, 7) is 0. The minimum Gasteiger partial charge on any atom is -0.491 e. The number of nitrogens with zero attached hydrogens (tertiary/aromatic N) is 1. The van der Waals surface area contributed by atoms with E-state index >= 15 is 0 Å². The number of halogens is 1. The summed E-state index contributed by atoms with van der Waals surface area (Å²) in [5.41, 5.74) is 6.32. The lowest BCUT2D eigenvalue weighted by atomic mass is 10.3. The monoisotopic (exact) mass is 294 g/mol. The molecule has 17 heavy (non-hydrogen) atoms. The molecule has 0 amide bonds. The van der Waals surface area contributed by atoms with Gasteiger partial charge in [0.2, 0.25) is 0 Å². The molecule has 2 N–H and O–H groups in total. The number of hydrogen-bond donors (Lipinski definition) is 1. The third kappa shape index (κ3) is 2.68. The van der Waals surface area contributed by atoms with Crippen LogP contribution in [0.1, 0.15) is 0 Å². The van der Waals surface area contributed by atoms with Gasteiger partial charge in [0.05, 0.1) is 11.6 Å². The molecule has 0 saturated heterocycles. The predicted octanol–water partition coefficient (Wildman–Crippen LogP) is 3.23. The van der Waals surface area contributed by atoms with Crippen molar-refractivity contribution in [2.45, 2.75) is 0 Å². The molecule has 1 heterocycles. The molecule has 0 aliphatic heterocycles. The van der Waals surface area contributed by atoms with Crippen LogP contribution in [0.15, 0.2) is 41.0 Å². The Kier molecular flexibility index (Phi) is 3.49. The Morgan fingerprint density at radius 1 is 1.24 bits per heavy atom. The molecule has 1 aromatic carbocycles. The van der Waals surface area contributed by atoms with Gasteiger partial charge >= 0.3 is 0 Å². The summed E-state index contributed by atoms with van der Waals surface area (Å²) in [4.78, 5) is 4.11. The normalized spacial score (nSPS) is 10.0. The number of nitrogen functional groups attached to an aromatic ring is 1. The van der Waals surface area contributed by atoms with Crippen molar-refractivity contribution in [3.05, 3.63) is 41.0 Å². The van der Waals surface area contributed by atoms with Crippen LogP contribution in [0.25, 0.3) is 0 Å². The molecule has 88 valence electrons. The quantitative estimate of drug-likeness (QED) is 0.883. The molecule has 4 nitrogen and oxygen atoms in total. The summed E-state index contributed by atoms with van der Waals surface area (Å²) in [6, 6.07) is 8.88. The Bertz CT molecular complexity index is 532. The molecule has 0 fully saturated rings. The van der Waals surface area contributed by atoms with Gasteiger partial charge in [0.1, 0.15) is 5.75 Å². The van der Waals surface area contributed by atoms with E-state index in [4.69, 9.17) is 15.2 Å². The SMILES string of the molecule is COc1cccnc1Oc1cc(N)ccc1Br. The number of nitrogens with two attached hydrogens (primary N) is 1. The van der Waals surface area contributed by atoms with Gasteiger partial charge in [-0.05, 0) is 40.2 Å². The first-order chi connectivity index (χ1) is 8.20. The van der Waals surface area contributed by atoms with E-state index < -0.39 is 0 Å². The lowest BCUT2D eigenvalue weighted by Gasteiger charge is -2.10. The van der Waals surface area contributed by atoms with Crippen molar-refractivity contribution in [1.29, 1.82) is 0 Å². The van der Waals surface area contributed by atoms with Gasteiger partial charge in [-0.15, -0.1) is 0 Å². The van der Waals surface area contributed by atoms with Crippen LogP contribution in [0.2, 0.25) is 0 Å². The van der Waals surface area contributed by atoms with Crippen LogP contribution in [0, 0.1) is 0 Å². The van der Waals surface area contributed by atoms with E-state index in [1.807, 2.05) is 6.07 Å². The molecule has 0 saturated carbocycles. The number of ether oxygens (including phenoxy) is 2. The van der Waals surface area contributed by atoms with Crippen LogP contribution in [0.5, 0.6) is 17.4 Å². The second-order valence-corrected chi connectivity index (χ2v) is 4.16. The molecule has 0 bridgehead atoms. The number of anilines is 1. The van der Waals surface area contributed by atoms with Crippen molar-refractivity contribution in [3.63, 3.8) is 0 Å². The highest BCUT2D eigenvalue weighted by Gasteiger charge is 2.08. The third-order valence-corrected chi connectivity index (χ3v) is 2.77. The van der Waals surface area contributed by atoms with Crippen molar-refractivity contribution in [2.24, 2.45) is 0 Å². The van der Waals surface area contributed by atoms with E-state index in [-0.39, 0.29) is 0 Å². The van der Waals surface area contributed by atoms with Gasteiger partial charge in [-0.3, -0.25) is 0 Å². The van der Waals surface area contributed by atoms with E-state index in [9.17, 15) is 0 Å². The van der Waals surface area contributed by atoms with Crippen LogP contribution >= 0.6 is 15.9 Å². The highest BCUT2D eigenvalue weighted by molar-refractivity contribution is 9.10. The summed E-state index contributed by atoms with van der Waals surface area (Å²) in [5.74, 6) is 1.57. The number of benzene rings is 1. The maximum absolute atomic E-state index is 5.70. The van der Waals surface area contributed by atoms with Gasteiger partial charge in [0.15, 0.2) is 5.75 Å². The van der Waals surface area contributed by atoms with Crippen LogP contribution in [0.3, 0.4) is 0 Å². The summed E-state index contributed by atoms with van der Waals surface area (Å²) in [6.07, 6.45) is 1.64. The van der Waals surface area contributed by atoms with Gasteiger partial charge < -0.3 is 15.2 Å². The Balaban J connectivity index is 2.34. The van der Waals surface area contributed by atoms with Gasteiger partial charge in [-0.1, -0.05) is 0 Å². The van der Waals surface area contributed by atoms with E-state index in [0.717, 1.165) is 4.47 Å². The largest absolute Gasteiger partial charge is 0.491 e. The molecule has 0 aliphatic carbocycles. The second-order valence-electron chi connectivity index (χ2n) is 3.30. The maximum atomic E-state index is 5.70. The van der Waals surface area contributed by atoms with Crippen LogP contribution in [-0.4, -0.2) is 12.1 Å². The molecule has 0 unspecified atom stereocenters. The molecule has 0 radical (unpaired) electrons. The lowest BCUT2D eigenvalue weighted by molar-refractivity contribution is 0.369. The predicted molar refractivity (Wildman–Crippen MR) is 69.4 cm³/mol. The standard InChI is InChI=1S/C12H11BrN2O2/c1-16-10-3-2-6-15-12(10)17-11-7-8(14)4-5-9(11)13/h2-7H,14H2,1H3. The molecule has 2 aromatic rings. The van der Waals surface area contributed by atoms with Gasteiger partial charge in [0, 0.05) is 18.0 Å². The topological polar surface area (TPSA) is 57.4 Å². The first-order valence-electron chi connectivity index (χ1n) is 4.92. The fourth-order valence-electron chi connectivity index (χ4n) is 1.31. The van der Waals surface area contributed by atoms with Crippen molar-refractivity contribution in [3.8, 4) is 17.4 Å². The highest BCUT2D eigenvalue weighted by Crippen LogP contribution is 2.34. The number of pyridine rings is 1. The molecular formula is C12H11BrN2O2. The highest BCUT2D eigenvalue weighted by atomic mass is 79.9. The molecule has 1 aromatic heterocycles. The van der Waals surface area contributed by atoms with E-state index in [0.29, 0.717) is 23.1 Å². The van der Waals surface area contributed by atoms with Gasteiger partial charge in [0.25, 0.3) is 5.88 Å². The Morgan fingerprint density at radius 2 is 2.06 bits per heavy atom. The number of aromatic nitrogens is 1. The fourth-order valence-corrected chi connectivity index (χ4v) is 1.64. The van der Waals surface area contributed by atoms with Crippen molar-refractivity contribution in [1.82, 2.24) is 4.98 Å². The zero-order valence-corrected chi connectivity index (χ0v) is 10.8. The summed E-state index contributed by atoms with van der Waals surface area (Å²) in [5, 5.41) is 0. The average molecular weight is 295 g/mol.